The average molecular weight is 1010 g/mol. The number of hydrogen-bond donors (Lipinski definition) is 8. The number of nitrogens with one attached hydrogen (secondary N) is 2. The van der Waals surface area contributed by atoms with Crippen LogP contribution in [0.25, 0.3) is 22.2 Å². The zero-order chi connectivity index (χ0) is 53.5. The van der Waals surface area contributed by atoms with Crippen molar-refractivity contribution >= 4 is 46.1 Å². The van der Waals surface area contributed by atoms with Crippen LogP contribution in [0.2, 0.25) is 0 Å². The highest BCUT2D eigenvalue weighted by molar-refractivity contribution is 6.08. The highest BCUT2D eigenvalue weighted by atomic mass is 16.5. The van der Waals surface area contributed by atoms with E-state index in [1.165, 1.54) is 0 Å². The third-order valence-electron chi connectivity index (χ3n) is 13.8. The second kappa shape index (κ2) is 27.3. The normalized spacial score (nSPS) is 19.5. The number of fused-ring (bicyclic) bond motifs is 2. The Balaban J connectivity index is 0.000000289. The van der Waals surface area contributed by atoms with Gasteiger partial charge in [-0.3, -0.25) is 19.0 Å². The highest BCUT2D eigenvalue weighted by Gasteiger charge is 2.42. The summed E-state index contributed by atoms with van der Waals surface area (Å²) in [5.74, 6) is -0.494. The van der Waals surface area contributed by atoms with Crippen molar-refractivity contribution in [1.82, 2.24) is 9.55 Å². The molecule has 2 aromatic heterocycles. The van der Waals surface area contributed by atoms with E-state index in [4.69, 9.17) is 20.3 Å². The summed E-state index contributed by atoms with van der Waals surface area (Å²) in [6.07, 6.45) is 8.49. The van der Waals surface area contributed by atoms with Gasteiger partial charge in [-0.1, -0.05) is 92.2 Å². The molecule has 398 valence electrons. The summed E-state index contributed by atoms with van der Waals surface area (Å²) >= 11 is 0. The van der Waals surface area contributed by atoms with Crippen LogP contribution in [0, 0.1) is 23.7 Å². The van der Waals surface area contributed by atoms with Crippen molar-refractivity contribution in [3.05, 3.63) is 100 Å². The number of unbranched alkanes of at least 4 members (excludes halogenated alkanes) is 1. The fourth-order valence-electron chi connectivity index (χ4n) is 9.76. The molecule has 0 saturated carbocycles. The molecule has 16 nitrogen and oxygen atoms in total. The lowest BCUT2D eigenvalue weighted by Crippen LogP contribution is -2.43. The number of aliphatic hydroxyl groups excluding tert-OH is 4. The molecular weight excluding hydrogens is 931 g/mol. The first kappa shape index (κ1) is 57.8. The number of benzene rings is 2. The lowest BCUT2D eigenvalue weighted by atomic mass is 9.66. The molecule has 0 spiro atoms. The van der Waals surface area contributed by atoms with Crippen LogP contribution < -0.4 is 26.7 Å². The van der Waals surface area contributed by atoms with E-state index >= 15 is 0 Å². The topological polar surface area (TPSA) is 256 Å². The van der Waals surface area contributed by atoms with Crippen molar-refractivity contribution < 1.29 is 49.4 Å². The van der Waals surface area contributed by atoms with Gasteiger partial charge in [0.1, 0.15) is 23.2 Å². The lowest BCUT2D eigenvalue weighted by Gasteiger charge is -2.43. The van der Waals surface area contributed by atoms with Crippen molar-refractivity contribution in [2.24, 2.45) is 23.7 Å². The molecule has 0 radical (unpaired) electrons. The minimum Gasteiger partial charge on any atom is -0.493 e. The molecule has 2 heterocycles. The SMILES string of the molecule is CCCCn1c(=O)c(NC(=O)Nc2c(C(C)C)cc(N)cc2C(C)C)c(-c2cccc(OCCCO)c2)c2cccnc21.CC[C@H](C)C(=O)O[C@H]1C[C@H](O)C=C2C=C[C@H](C)[C@H](CC[C@@H](O)C[C@@H](O)CC(=O)O)[C@H]21. The standard InChI is InChI=1S/C34H43N5O4.C23H36O7/c1-6-7-15-39-32-26(13-9-14-36-32)29(23-11-8-12-25(18-23)43-17-10-16-40)31(33(39)41)38-34(42)37-30-27(21(2)3)19-24(35)20-28(30)22(4)5;1-4-13(2)23(29)30-20-11-17(25)9-15-6-5-14(3)19(22(15)20)8-7-16(24)10-18(26)12-21(27)28/h8-9,11-14,18-22,40H,6-7,10,15-17,35H2,1-5H3,(H2,37,38,42);5-6,9,13-14,16-20,22,24-26H,4,7-8,10-12H2,1-3H3,(H,27,28)/t;13-,14-,16+,17+,18+,19-,20-,22-/m.0/s1. The minimum absolute atomic E-state index is 0.0156. The number of rotatable bonds is 22. The number of urea groups is 1. The van der Waals surface area contributed by atoms with E-state index in [9.17, 15) is 39.6 Å². The molecule has 0 fully saturated rings. The van der Waals surface area contributed by atoms with Crippen LogP contribution in [0.4, 0.5) is 21.9 Å². The molecule has 9 N–H and O–H groups in total. The van der Waals surface area contributed by atoms with Gasteiger partial charge < -0.3 is 51.4 Å². The Morgan fingerprint density at radius 2 is 1.64 bits per heavy atom. The second-order valence-electron chi connectivity index (χ2n) is 20.2. The molecule has 8 atom stereocenters. The van der Waals surface area contributed by atoms with Gasteiger partial charge >= 0.3 is 18.0 Å². The Morgan fingerprint density at radius 1 is 0.945 bits per heavy atom. The first-order valence-electron chi connectivity index (χ1n) is 26.0. The van der Waals surface area contributed by atoms with E-state index in [1.807, 2.05) is 74.5 Å². The number of pyridine rings is 2. The number of allylic oxidation sites excluding steroid dienone is 2. The first-order valence-corrected chi connectivity index (χ1v) is 26.0. The second-order valence-corrected chi connectivity index (χ2v) is 20.2. The van der Waals surface area contributed by atoms with Gasteiger partial charge in [0.2, 0.25) is 0 Å². The smallest absolute Gasteiger partial charge is 0.323 e. The molecule has 2 aliphatic carbocycles. The van der Waals surface area contributed by atoms with E-state index in [2.05, 4.69) is 63.2 Å². The molecule has 16 heteroatoms. The summed E-state index contributed by atoms with van der Waals surface area (Å²) in [7, 11) is 0. The Hall–Kier alpha value is -6.07. The van der Waals surface area contributed by atoms with E-state index < -0.39 is 36.4 Å². The zero-order valence-corrected chi connectivity index (χ0v) is 43.8. The molecule has 0 bridgehead atoms. The number of amides is 2. The number of aryl methyl sites for hydroxylation is 1. The molecule has 4 aromatic rings. The van der Waals surface area contributed by atoms with Crippen molar-refractivity contribution in [2.45, 2.75) is 156 Å². The van der Waals surface area contributed by atoms with Crippen LogP contribution in [0.5, 0.6) is 5.75 Å². The van der Waals surface area contributed by atoms with Gasteiger partial charge in [0.05, 0.1) is 37.3 Å². The van der Waals surface area contributed by atoms with Crippen LogP contribution in [0.3, 0.4) is 0 Å². The average Bonchev–Trinajstić information content (AvgIpc) is 3.33. The van der Waals surface area contributed by atoms with Crippen LogP contribution in [-0.2, 0) is 20.9 Å². The third-order valence-corrected chi connectivity index (χ3v) is 13.8. The van der Waals surface area contributed by atoms with Gasteiger partial charge in [-0.25, -0.2) is 9.78 Å². The van der Waals surface area contributed by atoms with Gasteiger partial charge in [-0.2, -0.15) is 0 Å². The van der Waals surface area contributed by atoms with Crippen molar-refractivity contribution in [1.29, 1.82) is 0 Å². The fraction of sp³-hybridized carbons (Fsp3) is 0.526. The summed E-state index contributed by atoms with van der Waals surface area (Å²) in [4.78, 5) is 55.7. The number of aliphatic carboxylic acids is 1. The molecule has 2 aliphatic rings. The Morgan fingerprint density at radius 3 is 2.29 bits per heavy atom. The monoisotopic (exact) mass is 1010 g/mol. The summed E-state index contributed by atoms with van der Waals surface area (Å²) < 4.78 is 13.3. The molecule has 6 rings (SSSR count). The number of anilines is 3. The maximum atomic E-state index is 14.2. The Kier molecular flexibility index (Phi) is 21.6. The van der Waals surface area contributed by atoms with Gasteiger partial charge in [0.15, 0.2) is 0 Å². The number of nitrogens with zero attached hydrogens (tertiary/aromatic N) is 2. The quantitative estimate of drug-likeness (QED) is 0.0208. The summed E-state index contributed by atoms with van der Waals surface area (Å²) in [5.41, 5.74) is 12.0. The van der Waals surface area contributed by atoms with E-state index in [1.54, 1.807) is 10.8 Å². The first-order chi connectivity index (χ1) is 34.8. The molecule has 2 amide bonds. The van der Waals surface area contributed by atoms with Gasteiger partial charge in [0.25, 0.3) is 5.56 Å². The lowest BCUT2D eigenvalue weighted by molar-refractivity contribution is -0.159. The number of carbonyl (C=O) groups is 3. The number of aromatic nitrogens is 2. The maximum absolute atomic E-state index is 14.2. The van der Waals surface area contributed by atoms with Gasteiger partial charge in [-0.05, 0) is 114 Å². The number of nitrogen functional groups attached to an aromatic ring is 1. The summed E-state index contributed by atoms with van der Waals surface area (Å²) in [6.45, 7) is 17.0. The van der Waals surface area contributed by atoms with Crippen molar-refractivity contribution in [3.8, 4) is 16.9 Å². The summed E-state index contributed by atoms with van der Waals surface area (Å²) in [5, 5.41) is 55.0. The van der Waals surface area contributed by atoms with Crippen molar-refractivity contribution in [2.75, 3.05) is 29.6 Å². The predicted octanol–water partition coefficient (Wildman–Crippen LogP) is 9.54. The molecule has 0 unspecified atom stereocenters. The number of carboxylic acids is 1. The maximum Gasteiger partial charge on any atom is 0.323 e. The Bertz CT molecular complexity index is 2600. The summed E-state index contributed by atoms with van der Waals surface area (Å²) in [6, 6.07) is 14.4. The zero-order valence-electron chi connectivity index (χ0n) is 43.8. The molecule has 0 saturated heterocycles. The highest BCUT2D eigenvalue weighted by Crippen LogP contribution is 2.44. The number of carboxylic acid groups (broad SMARTS) is 1. The van der Waals surface area contributed by atoms with Crippen LogP contribution in [-0.4, -0.2) is 90.7 Å². The fourth-order valence-corrected chi connectivity index (χ4v) is 9.76. The number of hydrogen-bond acceptors (Lipinski definition) is 12. The number of esters is 1. The van der Waals surface area contributed by atoms with E-state index in [0.717, 1.165) is 34.9 Å². The number of nitrogens with two attached hydrogens (primary N) is 1. The number of carbonyl (C=O) groups excluding carboxylic acids is 2. The van der Waals surface area contributed by atoms with Gasteiger partial charge in [-0.15, -0.1) is 0 Å². The molecule has 0 aliphatic heterocycles. The van der Waals surface area contributed by atoms with E-state index in [0.29, 0.717) is 79.2 Å². The molecule has 2 aromatic carbocycles. The predicted molar refractivity (Wildman–Crippen MR) is 287 cm³/mol. The minimum atomic E-state index is -1.10. The number of ether oxygens (including phenoxy) is 2. The number of aliphatic hydroxyl groups is 4. The molecular formula is C57H79N5O11. The largest absolute Gasteiger partial charge is 0.493 e. The van der Waals surface area contributed by atoms with Crippen LogP contribution in [0.15, 0.2) is 83.3 Å². The Labute approximate surface area is 429 Å². The van der Waals surface area contributed by atoms with Crippen molar-refractivity contribution in [3.63, 3.8) is 0 Å². The van der Waals surface area contributed by atoms with Gasteiger partial charge in [0, 0.05) is 60.4 Å². The van der Waals surface area contributed by atoms with E-state index in [-0.39, 0.29) is 72.2 Å². The third kappa shape index (κ3) is 15.5. The molecule has 73 heavy (non-hydrogen) atoms. The van der Waals surface area contributed by atoms with Crippen LogP contribution in [0.1, 0.15) is 136 Å². The van der Waals surface area contributed by atoms with Crippen LogP contribution >= 0.6 is 0 Å².